The summed E-state index contributed by atoms with van der Waals surface area (Å²) >= 11 is 0. The van der Waals surface area contributed by atoms with E-state index in [4.69, 9.17) is 10.2 Å². The molecule has 0 rings (SSSR count). The summed E-state index contributed by atoms with van der Waals surface area (Å²) in [4.78, 5) is 11.3. The van der Waals surface area contributed by atoms with Crippen LogP contribution in [-0.4, -0.2) is 29.1 Å². The zero-order chi connectivity index (χ0) is 20.7. The third kappa shape index (κ3) is 21.7. The van der Waals surface area contributed by atoms with Crippen molar-refractivity contribution in [3.05, 3.63) is 0 Å². The molecular formula is C24H48O4. The first-order valence-corrected chi connectivity index (χ1v) is 12.2. The Hall–Kier alpha value is -0.610. The van der Waals surface area contributed by atoms with Crippen molar-refractivity contribution in [2.75, 3.05) is 6.61 Å². The van der Waals surface area contributed by atoms with E-state index in [1.807, 2.05) is 0 Å². The van der Waals surface area contributed by atoms with Crippen molar-refractivity contribution in [3.63, 3.8) is 0 Å². The minimum absolute atomic E-state index is 0.329. The van der Waals surface area contributed by atoms with E-state index in [-0.39, 0.29) is 0 Å². The number of unbranched alkanes of at least 4 members (excludes halogenated alkanes) is 18. The number of ether oxygens (including phenoxy) is 1. The Bertz CT molecular complexity index is 320. The van der Waals surface area contributed by atoms with Crippen molar-refractivity contribution < 1.29 is 19.7 Å². The fourth-order valence-corrected chi connectivity index (χ4v) is 3.60. The first-order valence-electron chi connectivity index (χ1n) is 12.2. The molecule has 4 heteroatoms. The zero-order valence-electron chi connectivity index (χ0n) is 18.6. The second kappa shape index (κ2) is 22.7. The summed E-state index contributed by atoms with van der Waals surface area (Å²) in [6.07, 6.45) is 24.2. The lowest BCUT2D eigenvalue weighted by Gasteiger charge is -2.08. The molecule has 2 N–H and O–H groups in total. The molecule has 0 radical (unpaired) electrons. The fraction of sp³-hybridized carbons (Fsp3) is 0.958. The molecule has 0 spiro atoms. The molecule has 4 nitrogen and oxygen atoms in total. The highest BCUT2D eigenvalue weighted by Gasteiger charge is 2.08. The number of esters is 1. The van der Waals surface area contributed by atoms with E-state index in [9.17, 15) is 4.79 Å². The Labute approximate surface area is 174 Å². The minimum atomic E-state index is -1.37. The monoisotopic (exact) mass is 400 g/mol. The predicted octanol–water partition coefficient (Wildman–Crippen LogP) is 6.66. The molecule has 0 fully saturated rings. The van der Waals surface area contributed by atoms with Crippen LogP contribution in [0.3, 0.4) is 0 Å². The van der Waals surface area contributed by atoms with Crippen LogP contribution in [0.4, 0.5) is 0 Å². The second-order valence-corrected chi connectivity index (χ2v) is 8.24. The maximum Gasteiger partial charge on any atom is 0.308 e. The molecule has 0 heterocycles. The quantitative estimate of drug-likeness (QED) is 0.121. The third-order valence-corrected chi connectivity index (χ3v) is 5.41. The average Bonchev–Trinajstić information content (AvgIpc) is 2.69. The Morgan fingerprint density at radius 3 is 1.29 bits per heavy atom. The van der Waals surface area contributed by atoms with Gasteiger partial charge in [0.2, 0.25) is 6.29 Å². The van der Waals surface area contributed by atoms with E-state index in [0.29, 0.717) is 6.42 Å². The topological polar surface area (TPSA) is 66.8 Å². The van der Waals surface area contributed by atoms with Gasteiger partial charge in [0.15, 0.2) is 0 Å². The summed E-state index contributed by atoms with van der Waals surface area (Å²) in [5.41, 5.74) is 0. The van der Waals surface area contributed by atoms with Gasteiger partial charge in [0, 0.05) is 6.42 Å². The van der Waals surface area contributed by atoms with Crippen LogP contribution >= 0.6 is 0 Å². The van der Waals surface area contributed by atoms with Crippen LogP contribution in [0, 0.1) is 0 Å². The molecular weight excluding hydrogens is 352 g/mol. The lowest BCUT2D eigenvalue weighted by Crippen LogP contribution is -2.20. The molecule has 0 saturated heterocycles. The number of aliphatic hydroxyl groups excluding tert-OH is 2. The smallest absolute Gasteiger partial charge is 0.308 e. The molecule has 0 aromatic heterocycles. The fourth-order valence-electron chi connectivity index (χ4n) is 3.60. The molecule has 0 aromatic rings. The van der Waals surface area contributed by atoms with Crippen molar-refractivity contribution in [1.29, 1.82) is 0 Å². The number of hydrogen-bond acceptors (Lipinski definition) is 4. The Kier molecular flexibility index (Phi) is 22.2. The van der Waals surface area contributed by atoms with Gasteiger partial charge in [-0.25, -0.2) is 0 Å². The van der Waals surface area contributed by atoms with Gasteiger partial charge in [-0.3, -0.25) is 4.79 Å². The minimum Gasteiger partial charge on any atom is -0.433 e. The van der Waals surface area contributed by atoms with Crippen LogP contribution in [0.1, 0.15) is 135 Å². The normalized spacial score (nSPS) is 12.2. The first kappa shape index (κ1) is 27.4. The largest absolute Gasteiger partial charge is 0.433 e. The standard InChI is InChI=1S/C24H48O4/c1-2-3-4-5-6-7-8-9-10-11-12-13-14-15-16-17-18-19-20-21-23(26)28-24(27)22-25/h24-25,27H,2-22H2,1H3. The van der Waals surface area contributed by atoms with Crippen LogP contribution in [0.5, 0.6) is 0 Å². The lowest BCUT2D eigenvalue weighted by molar-refractivity contribution is -0.173. The van der Waals surface area contributed by atoms with E-state index in [0.717, 1.165) is 19.3 Å². The molecule has 0 aliphatic rings. The van der Waals surface area contributed by atoms with Gasteiger partial charge in [-0.15, -0.1) is 0 Å². The van der Waals surface area contributed by atoms with Gasteiger partial charge in [-0.1, -0.05) is 122 Å². The van der Waals surface area contributed by atoms with Crippen molar-refractivity contribution in [1.82, 2.24) is 0 Å². The number of aliphatic hydroxyl groups is 2. The van der Waals surface area contributed by atoms with Crippen LogP contribution in [0.25, 0.3) is 0 Å². The van der Waals surface area contributed by atoms with Crippen molar-refractivity contribution in [2.45, 2.75) is 142 Å². The molecule has 0 amide bonds. The van der Waals surface area contributed by atoms with Gasteiger partial charge in [0.25, 0.3) is 0 Å². The molecule has 0 aliphatic carbocycles. The maximum absolute atomic E-state index is 11.3. The summed E-state index contributed by atoms with van der Waals surface area (Å²) in [7, 11) is 0. The lowest BCUT2D eigenvalue weighted by atomic mass is 10.0. The van der Waals surface area contributed by atoms with Gasteiger partial charge in [0.05, 0.1) is 0 Å². The Morgan fingerprint density at radius 1 is 0.643 bits per heavy atom. The second-order valence-electron chi connectivity index (χ2n) is 8.24. The SMILES string of the molecule is CCCCCCCCCCCCCCCCCCCCCC(=O)OC(O)CO. The molecule has 28 heavy (non-hydrogen) atoms. The third-order valence-electron chi connectivity index (χ3n) is 5.41. The molecule has 0 aliphatic heterocycles. The van der Waals surface area contributed by atoms with Gasteiger partial charge in [-0.05, 0) is 6.42 Å². The van der Waals surface area contributed by atoms with Crippen LogP contribution in [-0.2, 0) is 9.53 Å². The van der Waals surface area contributed by atoms with E-state index < -0.39 is 18.9 Å². The number of rotatable bonds is 22. The summed E-state index contributed by atoms with van der Waals surface area (Å²) in [6.45, 7) is 1.74. The number of carbonyl (C=O) groups is 1. The molecule has 1 atom stereocenters. The van der Waals surface area contributed by atoms with E-state index in [1.54, 1.807) is 0 Å². The van der Waals surface area contributed by atoms with Gasteiger partial charge >= 0.3 is 5.97 Å². The Balaban J connectivity index is 3.09. The number of carbonyl (C=O) groups excluding carboxylic acids is 1. The summed E-state index contributed by atoms with van der Waals surface area (Å²) in [5.74, 6) is -0.423. The maximum atomic E-state index is 11.3. The average molecular weight is 401 g/mol. The summed E-state index contributed by atoms with van der Waals surface area (Å²) in [5, 5.41) is 17.6. The van der Waals surface area contributed by atoms with Gasteiger partial charge < -0.3 is 14.9 Å². The van der Waals surface area contributed by atoms with Gasteiger partial charge in [-0.2, -0.15) is 0 Å². The first-order chi connectivity index (χ1) is 13.7. The van der Waals surface area contributed by atoms with Crippen molar-refractivity contribution >= 4 is 5.97 Å². The van der Waals surface area contributed by atoms with Crippen LogP contribution in [0.15, 0.2) is 0 Å². The summed E-state index contributed by atoms with van der Waals surface area (Å²) in [6, 6.07) is 0. The molecule has 0 bridgehead atoms. The molecule has 0 saturated carbocycles. The predicted molar refractivity (Wildman–Crippen MR) is 117 cm³/mol. The zero-order valence-corrected chi connectivity index (χ0v) is 18.6. The van der Waals surface area contributed by atoms with E-state index in [1.165, 1.54) is 103 Å². The number of hydrogen-bond donors (Lipinski definition) is 2. The van der Waals surface area contributed by atoms with Crippen LogP contribution < -0.4 is 0 Å². The summed E-state index contributed by atoms with van der Waals surface area (Å²) < 4.78 is 4.60. The molecule has 0 aromatic carbocycles. The highest BCUT2D eigenvalue weighted by molar-refractivity contribution is 5.69. The van der Waals surface area contributed by atoms with E-state index in [2.05, 4.69) is 11.7 Å². The highest BCUT2D eigenvalue weighted by atomic mass is 16.6. The highest BCUT2D eigenvalue weighted by Crippen LogP contribution is 2.14. The Morgan fingerprint density at radius 2 is 0.964 bits per heavy atom. The van der Waals surface area contributed by atoms with Crippen molar-refractivity contribution in [3.8, 4) is 0 Å². The molecule has 1 unspecified atom stereocenters. The van der Waals surface area contributed by atoms with Crippen LogP contribution in [0.2, 0.25) is 0 Å². The van der Waals surface area contributed by atoms with E-state index >= 15 is 0 Å². The molecule has 168 valence electrons. The van der Waals surface area contributed by atoms with Crippen molar-refractivity contribution in [2.24, 2.45) is 0 Å². The van der Waals surface area contributed by atoms with Gasteiger partial charge in [0.1, 0.15) is 6.61 Å².